The first-order valence-electron chi connectivity index (χ1n) is 8.93. The molecule has 8 heteroatoms. The number of aromatic nitrogens is 5. The Morgan fingerprint density at radius 3 is 2.93 bits per heavy atom. The number of ether oxygens (including phenoxy) is 1. The van der Waals surface area contributed by atoms with Crippen molar-refractivity contribution in [3.05, 3.63) is 60.7 Å². The highest BCUT2D eigenvalue weighted by Gasteiger charge is 2.17. The average molecular weight is 373 g/mol. The Labute approximate surface area is 161 Å². The topological polar surface area (TPSA) is 73.0 Å². The summed E-state index contributed by atoms with van der Waals surface area (Å²) in [7, 11) is 3.59. The van der Waals surface area contributed by atoms with Crippen molar-refractivity contribution in [2.75, 3.05) is 17.3 Å². The molecule has 1 N–H and O–H groups in total. The largest absolute Gasteiger partial charge is 0.497 e. The minimum Gasteiger partial charge on any atom is -0.497 e. The van der Waals surface area contributed by atoms with Crippen molar-refractivity contribution in [2.24, 2.45) is 7.05 Å². The summed E-state index contributed by atoms with van der Waals surface area (Å²) in [6.45, 7) is 0.634. The highest BCUT2D eigenvalue weighted by Crippen LogP contribution is 2.26. The number of aryl methyl sites for hydroxylation is 1. The number of nitrogens with zero attached hydrogens (tertiary/aromatic N) is 6. The molecule has 3 heterocycles. The van der Waals surface area contributed by atoms with Gasteiger partial charge in [0.2, 0.25) is 5.95 Å². The quantitative estimate of drug-likeness (QED) is 0.591. The molecule has 0 unspecified atom stereocenters. The third kappa shape index (κ3) is 2.84. The Morgan fingerprint density at radius 1 is 1.11 bits per heavy atom. The van der Waals surface area contributed by atoms with E-state index >= 15 is 0 Å². The van der Waals surface area contributed by atoms with E-state index in [0.717, 1.165) is 33.9 Å². The number of nitrogens with one attached hydrogen (secondary N) is 1. The summed E-state index contributed by atoms with van der Waals surface area (Å²) in [5.74, 6) is 2.20. The molecule has 2 aromatic carbocycles. The normalized spacial score (nSPS) is 13.0. The van der Waals surface area contributed by atoms with E-state index in [2.05, 4.69) is 43.6 Å². The molecule has 0 bridgehead atoms. The summed E-state index contributed by atoms with van der Waals surface area (Å²) in [5, 5.41) is 13.2. The van der Waals surface area contributed by atoms with E-state index < -0.39 is 0 Å². The smallest absolute Gasteiger partial charge is 0.247 e. The van der Waals surface area contributed by atoms with Gasteiger partial charge >= 0.3 is 0 Å². The Bertz CT molecular complexity index is 1190. The van der Waals surface area contributed by atoms with Crippen LogP contribution < -0.4 is 15.0 Å². The molecule has 28 heavy (non-hydrogen) atoms. The fraction of sp³-hybridized carbons (Fsp3) is 0.150. The van der Waals surface area contributed by atoms with Gasteiger partial charge in [0.15, 0.2) is 5.82 Å². The third-order valence-electron chi connectivity index (χ3n) is 4.79. The van der Waals surface area contributed by atoms with Crippen LogP contribution in [0, 0.1) is 0 Å². The molecule has 0 fully saturated rings. The van der Waals surface area contributed by atoms with Crippen molar-refractivity contribution in [3.63, 3.8) is 0 Å². The second-order valence-electron chi connectivity index (χ2n) is 6.59. The highest BCUT2D eigenvalue weighted by molar-refractivity contribution is 5.83. The van der Waals surface area contributed by atoms with Gasteiger partial charge in [-0.25, -0.2) is 4.68 Å². The number of anilines is 3. The number of methoxy groups -OCH3 is 1. The average Bonchev–Trinajstić information content (AvgIpc) is 3.30. The van der Waals surface area contributed by atoms with Gasteiger partial charge in [0.25, 0.3) is 0 Å². The van der Waals surface area contributed by atoms with E-state index in [1.54, 1.807) is 11.8 Å². The summed E-state index contributed by atoms with van der Waals surface area (Å²) in [6, 6.07) is 14.0. The van der Waals surface area contributed by atoms with E-state index in [9.17, 15) is 0 Å². The van der Waals surface area contributed by atoms with Gasteiger partial charge in [-0.15, -0.1) is 5.10 Å². The van der Waals surface area contributed by atoms with Crippen molar-refractivity contribution >= 4 is 34.4 Å². The Hall–Kier alpha value is -3.81. The minimum atomic E-state index is 0.553. The lowest BCUT2D eigenvalue weighted by Crippen LogP contribution is -2.22. The summed E-state index contributed by atoms with van der Waals surface area (Å²) < 4.78 is 8.93. The molecule has 5 rings (SSSR count). The highest BCUT2D eigenvalue weighted by atomic mass is 16.5. The van der Waals surface area contributed by atoms with Crippen LogP contribution in [0.5, 0.6) is 5.75 Å². The number of hydrogen-bond donors (Lipinski definition) is 1. The van der Waals surface area contributed by atoms with Crippen LogP contribution in [0.15, 0.2) is 54.9 Å². The van der Waals surface area contributed by atoms with E-state index in [1.165, 1.54) is 0 Å². The van der Waals surface area contributed by atoms with Crippen LogP contribution in [-0.2, 0) is 13.6 Å². The van der Waals surface area contributed by atoms with Gasteiger partial charge in [-0.05, 0) is 30.3 Å². The minimum absolute atomic E-state index is 0.553. The Kier molecular flexibility index (Phi) is 3.75. The van der Waals surface area contributed by atoms with Crippen LogP contribution in [0.1, 0.15) is 5.82 Å². The number of fused-ring (bicyclic) bond motifs is 2. The maximum Gasteiger partial charge on any atom is 0.247 e. The zero-order chi connectivity index (χ0) is 19.1. The molecule has 0 spiro atoms. The van der Waals surface area contributed by atoms with Gasteiger partial charge in [-0.2, -0.15) is 10.1 Å². The van der Waals surface area contributed by atoms with Crippen LogP contribution in [-0.4, -0.2) is 31.7 Å². The molecule has 0 atom stereocenters. The molecule has 8 nitrogen and oxygen atoms in total. The van der Waals surface area contributed by atoms with E-state index in [1.807, 2.05) is 54.6 Å². The summed E-state index contributed by atoms with van der Waals surface area (Å²) in [6.07, 6.45) is 5.80. The van der Waals surface area contributed by atoms with Gasteiger partial charge in [0, 0.05) is 42.3 Å². The second-order valence-corrected chi connectivity index (χ2v) is 6.59. The molecule has 4 aromatic rings. The molecular formula is C20H19N7O. The van der Waals surface area contributed by atoms with Crippen molar-refractivity contribution in [1.82, 2.24) is 24.5 Å². The molecule has 0 saturated heterocycles. The lowest BCUT2D eigenvalue weighted by atomic mass is 10.2. The summed E-state index contributed by atoms with van der Waals surface area (Å²) in [4.78, 5) is 6.78. The first kappa shape index (κ1) is 16.4. The zero-order valence-electron chi connectivity index (χ0n) is 15.6. The van der Waals surface area contributed by atoms with E-state index in [-0.39, 0.29) is 0 Å². The van der Waals surface area contributed by atoms with Crippen LogP contribution in [0.3, 0.4) is 0 Å². The van der Waals surface area contributed by atoms with Crippen molar-refractivity contribution in [1.29, 1.82) is 0 Å². The van der Waals surface area contributed by atoms with Crippen LogP contribution in [0.4, 0.5) is 17.3 Å². The predicted molar refractivity (Wildman–Crippen MR) is 109 cm³/mol. The molecule has 2 aromatic heterocycles. The predicted octanol–water partition coefficient (Wildman–Crippen LogP) is 3.37. The molecule has 1 aliphatic heterocycles. The maximum absolute atomic E-state index is 5.26. The number of rotatable bonds is 4. The third-order valence-corrected chi connectivity index (χ3v) is 4.79. The van der Waals surface area contributed by atoms with Gasteiger partial charge in [0.1, 0.15) is 5.75 Å². The Morgan fingerprint density at radius 2 is 2.04 bits per heavy atom. The molecule has 0 saturated carbocycles. The second kappa shape index (κ2) is 6.41. The van der Waals surface area contributed by atoms with Crippen LogP contribution in [0.2, 0.25) is 0 Å². The van der Waals surface area contributed by atoms with Crippen LogP contribution in [0.25, 0.3) is 17.1 Å². The molecular weight excluding hydrogens is 354 g/mol. The van der Waals surface area contributed by atoms with Gasteiger partial charge < -0.3 is 15.0 Å². The maximum atomic E-state index is 5.26. The monoisotopic (exact) mass is 373 g/mol. The Balaban J connectivity index is 1.38. The van der Waals surface area contributed by atoms with E-state index in [0.29, 0.717) is 12.5 Å². The lowest BCUT2D eigenvalue weighted by Gasteiger charge is -2.23. The lowest BCUT2D eigenvalue weighted by molar-refractivity contribution is 0.415. The number of benzene rings is 2. The first-order valence-corrected chi connectivity index (χ1v) is 8.93. The standard InChI is InChI=1S/C20H19N7O/c1-25-18-7-6-16(10-14(18)12-21-25)26-8-9-27-19(13-26)23-20(24-27)22-15-4-3-5-17(11-15)28-2/h3-12H,13H2,1-2H3,(H,22,24). The fourth-order valence-electron chi connectivity index (χ4n) is 3.32. The summed E-state index contributed by atoms with van der Waals surface area (Å²) in [5.41, 5.74) is 3.08. The molecule has 0 radical (unpaired) electrons. The molecule has 1 aliphatic rings. The molecule has 0 amide bonds. The van der Waals surface area contributed by atoms with Gasteiger partial charge in [-0.3, -0.25) is 4.68 Å². The summed E-state index contributed by atoms with van der Waals surface area (Å²) >= 11 is 0. The zero-order valence-corrected chi connectivity index (χ0v) is 15.6. The SMILES string of the molecule is COc1cccc(Nc2nc3n(n2)C=CN(c2ccc4c(cnn4C)c2)C3)c1. The number of hydrogen-bond acceptors (Lipinski definition) is 6. The van der Waals surface area contributed by atoms with Gasteiger partial charge in [-0.1, -0.05) is 6.07 Å². The van der Waals surface area contributed by atoms with Crippen molar-refractivity contribution < 1.29 is 4.74 Å². The first-order chi connectivity index (χ1) is 13.7. The molecule has 140 valence electrons. The van der Waals surface area contributed by atoms with E-state index in [4.69, 9.17) is 4.74 Å². The van der Waals surface area contributed by atoms with Crippen molar-refractivity contribution in [2.45, 2.75) is 6.54 Å². The van der Waals surface area contributed by atoms with Crippen molar-refractivity contribution in [3.8, 4) is 5.75 Å². The molecule has 0 aliphatic carbocycles. The van der Waals surface area contributed by atoms with Gasteiger partial charge in [0.05, 0.1) is 25.4 Å². The fourth-order valence-corrected chi connectivity index (χ4v) is 3.32. The van der Waals surface area contributed by atoms with Crippen LogP contribution >= 0.6 is 0 Å².